The lowest BCUT2D eigenvalue weighted by Gasteiger charge is -2.00. The van der Waals surface area contributed by atoms with Crippen molar-refractivity contribution in [2.75, 3.05) is 7.11 Å². The van der Waals surface area contributed by atoms with E-state index in [2.05, 4.69) is 32.7 Å². The summed E-state index contributed by atoms with van der Waals surface area (Å²) in [5.41, 5.74) is 0.931. The van der Waals surface area contributed by atoms with Gasteiger partial charge in [0.25, 0.3) is 0 Å². The Morgan fingerprint density at radius 2 is 1.83 bits per heavy atom. The highest BCUT2D eigenvalue weighted by Gasteiger charge is 1.91. The van der Waals surface area contributed by atoms with Crippen molar-refractivity contribution in [2.45, 2.75) is 0 Å². The van der Waals surface area contributed by atoms with Crippen LogP contribution < -0.4 is 4.74 Å². The van der Waals surface area contributed by atoms with Gasteiger partial charge in [0.1, 0.15) is 5.75 Å². The summed E-state index contributed by atoms with van der Waals surface area (Å²) >= 11 is 6.44. The third-order valence-corrected chi connectivity index (χ3v) is 1.19. The number of ether oxygens (including phenoxy) is 1. The van der Waals surface area contributed by atoms with Gasteiger partial charge >= 0.3 is 16.0 Å². The molecule has 0 amide bonds. The molecule has 0 heterocycles. The Labute approximate surface area is 95.3 Å². The first kappa shape index (κ1) is 12.7. The quantitative estimate of drug-likeness (QED) is 0.724. The lowest BCUT2D eigenvalue weighted by Crippen LogP contribution is -1.84. The standard InChI is InChI=1S/C8H9O.2BrH.Mg/c1-7-5-3-4-6-8(7)9-2;;;/h3-6H,1H2,2H3;2*1H;/q;;;+2/p-2. The van der Waals surface area contributed by atoms with Gasteiger partial charge < -0.3 is 4.74 Å². The number of halogens is 2. The van der Waals surface area contributed by atoms with Gasteiger partial charge in [-0.3, -0.25) is 25.8 Å². The molecule has 0 atom stereocenters. The zero-order chi connectivity index (χ0) is 9.40. The zero-order valence-corrected chi connectivity index (χ0v) is 11.5. The van der Waals surface area contributed by atoms with E-state index in [4.69, 9.17) is 4.74 Å². The monoisotopic (exact) mass is 303 g/mol. The number of hydrogen-bond acceptors (Lipinski definition) is 1. The van der Waals surface area contributed by atoms with Crippen molar-refractivity contribution < 1.29 is 4.74 Å². The van der Waals surface area contributed by atoms with Crippen molar-refractivity contribution in [2.24, 2.45) is 0 Å². The molecule has 0 aromatic heterocycles. The summed E-state index contributed by atoms with van der Waals surface area (Å²) in [6.45, 7) is 3.77. The molecule has 0 saturated carbocycles. The van der Waals surface area contributed by atoms with Crippen LogP contribution >= 0.6 is 25.8 Å². The minimum atomic E-state index is 0.0417. The predicted octanol–water partition coefficient (Wildman–Crippen LogP) is 3.19. The molecule has 1 aromatic rings. The number of rotatable bonds is 1. The molecular formula is C8H9Br2MgO. The lowest BCUT2D eigenvalue weighted by atomic mass is 10.2. The van der Waals surface area contributed by atoms with Crippen molar-refractivity contribution in [3.8, 4) is 5.75 Å². The van der Waals surface area contributed by atoms with E-state index in [0.717, 1.165) is 11.3 Å². The molecule has 0 aliphatic rings. The predicted molar refractivity (Wildman–Crippen MR) is 61.1 cm³/mol. The van der Waals surface area contributed by atoms with Crippen LogP contribution in [0, 0.1) is 6.92 Å². The van der Waals surface area contributed by atoms with Crippen molar-refractivity contribution in [1.29, 1.82) is 0 Å². The summed E-state index contributed by atoms with van der Waals surface area (Å²) < 4.78 is 4.98. The Bertz CT molecular complexity index is 218. The van der Waals surface area contributed by atoms with Crippen LogP contribution in [0.5, 0.6) is 5.75 Å². The summed E-state index contributed by atoms with van der Waals surface area (Å²) in [7, 11) is 1.64. The van der Waals surface area contributed by atoms with Gasteiger partial charge in [0.05, 0.1) is 7.11 Å². The largest absolute Gasteiger partial charge is 0.560 e. The maximum absolute atomic E-state index is 4.98. The molecule has 0 spiro atoms. The first-order valence-electron chi connectivity index (χ1n) is 3.33. The average Bonchev–Trinajstić information content (AvgIpc) is 2.07. The number of methoxy groups -OCH3 is 1. The number of para-hydroxylation sites is 1. The number of benzene rings is 1. The van der Waals surface area contributed by atoms with E-state index >= 15 is 0 Å². The first-order valence-corrected chi connectivity index (χ1v) is 11.1. The fraction of sp³-hybridized carbons (Fsp3) is 0.125. The molecule has 63 valence electrons. The Balaban J connectivity index is 0.000000354. The van der Waals surface area contributed by atoms with Gasteiger partial charge in [-0.2, -0.15) is 0 Å². The topological polar surface area (TPSA) is 9.23 Å². The minimum absolute atomic E-state index is 0.0417. The molecule has 1 nitrogen and oxygen atoms in total. The van der Waals surface area contributed by atoms with Crippen LogP contribution in [0.1, 0.15) is 5.56 Å². The van der Waals surface area contributed by atoms with E-state index in [1.165, 1.54) is 0 Å². The highest BCUT2D eigenvalue weighted by molar-refractivity contribution is 9.47. The third-order valence-electron chi connectivity index (χ3n) is 1.19. The van der Waals surface area contributed by atoms with Crippen molar-refractivity contribution in [1.82, 2.24) is 0 Å². The van der Waals surface area contributed by atoms with E-state index in [0.29, 0.717) is 0 Å². The van der Waals surface area contributed by atoms with Crippen LogP contribution in [-0.4, -0.2) is 23.1 Å². The molecule has 0 unspecified atom stereocenters. The lowest BCUT2D eigenvalue weighted by molar-refractivity contribution is 0.413. The Morgan fingerprint density at radius 1 is 1.33 bits per heavy atom. The normalized spacial score (nSPS) is 7.67. The van der Waals surface area contributed by atoms with Gasteiger partial charge in [0, 0.05) is 0 Å². The summed E-state index contributed by atoms with van der Waals surface area (Å²) in [6, 6.07) is 7.67. The molecule has 4 heteroatoms. The maximum atomic E-state index is 4.98. The zero-order valence-electron chi connectivity index (χ0n) is 6.89. The Kier molecular flexibility index (Phi) is 8.87. The fourth-order valence-corrected chi connectivity index (χ4v) is 0.703. The van der Waals surface area contributed by atoms with E-state index in [1.807, 2.05) is 24.3 Å². The first-order chi connectivity index (χ1) is 5.76. The molecule has 12 heavy (non-hydrogen) atoms. The molecule has 0 bridgehead atoms. The molecule has 0 saturated heterocycles. The summed E-state index contributed by atoms with van der Waals surface area (Å²) in [4.78, 5) is 0. The van der Waals surface area contributed by atoms with Gasteiger partial charge in [0.2, 0.25) is 0 Å². The second-order valence-corrected chi connectivity index (χ2v) is 9.99. The van der Waals surface area contributed by atoms with E-state index < -0.39 is 0 Å². The van der Waals surface area contributed by atoms with E-state index in [1.54, 1.807) is 7.11 Å². The van der Waals surface area contributed by atoms with Gasteiger partial charge in [-0.05, 0) is 18.6 Å². The molecule has 0 fully saturated rings. The molecule has 0 N–H and O–H groups in total. The third kappa shape index (κ3) is 5.40. The summed E-state index contributed by atoms with van der Waals surface area (Å²) in [5.74, 6) is 0.845. The van der Waals surface area contributed by atoms with Crippen LogP contribution in [0.15, 0.2) is 24.3 Å². The van der Waals surface area contributed by atoms with Crippen LogP contribution in [0.3, 0.4) is 0 Å². The highest BCUT2D eigenvalue weighted by atomic mass is 79.9. The summed E-state index contributed by atoms with van der Waals surface area (Å²) in [6.07, 6.45) is 0. The van der Waals surface area contributed by atoms with E-state index in [-0.39, 0.29) is 16.0 Å². The molecule has 1 rings (SSSR count). The van der Waals surface area contributed by atoms with Crippen LogP contribution in [-0.2, 0) is 0 Å². The van der Waals surface area contributed by atoms with Crippen LogP contribution in [0.4, 0.5) is 0 Å². The van der Waals surface area contributed by atoms with Crippen molar-refractivity contribution >= 4 is 41.8 Å². The molecule has 0 aliphatic carbocycles. The number of hydrogen-bond donors (Lipinski definition) is 0. The smallest absolute Gasteiger partial charge is 0.496 e. The molecule has 1 aromatic carbocycles. The SMILES string of the molecule is [Br][Mg][Br].[CH2]c1ccccc1OC. The van der Waals surface area contributed by atoms with Crippen molar-refractivity contribution in [3.63, 3.8) is 0 Å². The molecular weight excluding hydrogens is 296 g/mol. The second-order valence-electron chi connectivity index (χ2n) is 1.91. The molecule has 1 radical (unpaired) electrons. The Morgan fingerprint density at radius 3 is 2.17 bits per heavy atom. The average molecular weight is 305 g/mol. The van der Waals surface area contributed by atoms with Crippen LogP contribution in [0.2, 0.25) is 0 Å². The minimum Gasteiger partial charge on any atom is -0.496 e. The van der Waals surface area contributed by atoms with Crippen LogP contribution in [0.25, 0.3) is 0 Å². The van der Waals surface area contributed by atoms with Gasteiger partial charge in [-0.25, -0.2) is 0 Å². The maximum Gasteiger partial charge on any atom is 0.560 e. The van der Waals surface area contributed by atoms with E-state index in [9.17, 15) is 0 Å². The van der Waals surface area contributed by atoms with Gasteiger partial charge in [0.15, 0.2) is 0 Å². The summed E-state index contributed by atoms with van der Waals surface area (Å²) in [5, 5.41) is 0. The highest BCUT2D eigenvalue weighted by Crippen LogP contribution is 2.14. The molecule has 0 aliphatic heterocycles. The fourth-order valence-electron chi connectivity index (χ4n) is 0.703. The second kappa shape index (κ2) is 8.35. The van der Waals surface area contributed by atoms with Crippen molar-refractivity contribution in [3.05, 3.63) is 36.8 Å². The van der Waals surface area contributed by atoms with Gasteiger partial charge in [-0.1, -0.05) is 18.2 Å². The Hall–Kier alpha value is 0.746. The van der Waals surface area contributed by atoms with Gasteiger partial charge in [-0.15, -0.1) is 0 Å².